The lowest BCUT2D eigenvalue weighted by Crippen LogP contribution is -2.38. The quantitative estimate of drug-likeness (QED) is 0.887. The van der Waals surface area contributed by atoms with Gasteiger partial charge in [-0.15, -0.1) is 0 Å². The van der Waals surface area contributed by atoms with Gasteiger partial charge in [0.15, 0.2) is 0 Å². The van der Waals surface area contributed by atoms with E-state index < -0.39 is 0 Å². The molecule has 5 nitrogen and oxygen atoms in total. The highest BCUT2D eigenvalue weighted by atomic mass is 19.1. The van der Waals surface area contributed by atoms with Crippen LogP contribution in [0.25, 0.3) is 0 Å². The zero-order valence-electron chi connectivity index (χ0n) is 15.9. The number of benzene rings is 2. The van der Waals surface area contributed by atoms with Crippen LogP contribution in [0.4, 0.5) is 14.9 Å². The molecular weight excluding hydrogens is 345 g/mol. The molecule has 0 unspecified atom stereocenters. The first-order chi connectivity index (χ1) is 13.0. The number of hydrogen-bond donors (Lipinski definition) is 1. The van der Waals surface area contributed by atoms with Gasteiger partial charge in [0.05, 0.1) is 7.11 Å². The molecule has 2 aromatic rings. The van der Waals surface area contributed by atoms with Gasteiger partial charge in [0.2, 0.25) is 0 Å². The Morgan fingerprint density at radius 2 is 1.89 bits per heavy atom. The SMILES string of the molecule is COc1ccc(CN2CCCN(C(=O)Nc3ccc(F)cc3C)CC2)cc1. The summed E-state index contributed by atoms with van der Waals surface area (Å²) in [6.07, 6.45) is 0.923. The Morgan fingerprint density at radius 3 is 2.59 bits per heavy atom. The highest BCUT2D eigenvalue weighted by Crippen LogP contribution is 2.18. The summed E-state index contributed by atoms with van der Waals surface area (Å²) < 4.78 is 18.4. The van der Waals surface area contributed by atoms with E-state index in [0.717, 1.165) is 37.4 Å². The smallest absolute Gasteiger partial charge is 0.321 e. The molecule has 1 heterocycles. The summed E-state index contributed by atoms with van der Waals surface area (Å²) in [7, 11) is 1.66. The highest BCUT2D eigenvalue weighted by Gasteiger charge is 2.19. The van der Waals surface area contributed by atoms with Gasteiger partial charge in [0.1, 0.15) is 11.6 Å². The molecular formula is C21H26FN3O2. The fourth-order valence-electron chi connectivity index (χ4n) is 3.28. The monoisotopic (exact) mass is 371 g/mol. The normalized spacial score (nSPS) is 15.3. The highest BCUT2D eigenvalue weighted by molar-refractivity contribution is 5.90. The molecule has 1 saturated heterocycles. The van der Waals surface area contributed by atoms with Crippen LogP contribution >= 0.6 is 0 Å². The Bertz CT molecular complexity index is 779. The third-order valence-corrected chi connectivity index (χ3v) is 4.87. The van der Waals surface area contributed by atoms with E-state index >= 15 is 0 Å². The second-order valence-electron chi connectivity index (χ2n) is 6.85. The number of carbonyl (C=O) groups is 1. The largest absolute Gasteiger partial charge is 0.497 e. The van der Waals surface area contributed by atoms with Gasteiger partial charge in [-0.05, 0) is 54.8 Å². The number of urea groups is 1. The van der Waals surface area contributed by atoms with E-state index in [0.29, 0.717) is 18.8 Å². The molecule has 2 amide bonds. The Balaban J connectivity index is 1.54. The number of anilines is 1. The van der Waals surface area contributed by atoms with E-state index in [-0.39, 0.29) is 11.8 Å². The van der Waals surface area contributed by atoms with Crippen molar-refractivity contribution in [3.05, 3.63) is 59.4 Å². The summed E-state index contributed by atoms with van der Waals surface area (Å²) >= 11 is 0. The van der Waals surface area contributed by atoms with Crippen molar-refractivity contribution in [2.24, 2.45) is 0 Å². The molecule has 2 aromatic carbocycles. The molecule has 0 atom stereocenters. The van der Waals surface area contributed by atoms with Gasteiger partial charge < -0.3 is 15.0 Å². The number of aryl methyl sites for hydroxylation is 1. The first kappa shape index (κ1) is 19.2. The number of methoxy groups -OCH3 is 1. The predicted molar refractivity (Wildman–Crippen MR) is 105 cm³/mol. The van der Waals surface area contributed by atoms with Crippen molar-refractivity contribution in [3.8, 4) is 5.75 Å². The summed E-state index contributed by atoms with van der Waals surface area (Å²) in [5.74, 6) is 0.558. The number of amides is 2. The van der Waals surface area contributed by atoms with Gasteiger partial charge in [-0.2, -0.15) is 0 Å². The molecule has 1 aliphatic rings. The fraction of sp³-hybridized carbons (Fsp3) is 0.381. The Hall–Kier alpha value is -2.60. The molecule has 0 saturated carbocycles. The fourth-order valence-corrected chi connectivity index (χ4v) is 3.28. The molecule has 1 aliphatic heterocycles. The van der Waals surface area contributed by atoms with E-state index in [1.165, 1.54) is 17.7 Å². The summed E-state index contributed by atoms with van der Waals surface area (Å²) in [4.78, 5) is 16.8. The summed E-state index contributed by atoms with van der Waals surface area (Å²) in [6.45, 7) is 5.80. The number of ether oxygens (including phenoxy) is 1. The van der Waals surface area contributed by atoms with E-state index in [9.17, 15) is 9.18 Å². The standard InChI is InChI=1S/C21H26FN3O2/c1-16-14-18(22)6-9-20(16)23-21(26)25-11-3-10-24(12-13-25)15-17-4-7-19(27-2)8-5-17/h4-9,14H,3,10-13,15H2,1-2H3,(H,23,26). The molecule has 1 N–H and O–H groups in total. The second kappa shape index (κ2) is 8.86. The predicted octanol–water partition coefficient (Wildman–Crippen LogP) is 3.88. The first-order valence-electron chi connectivity index (χ1n) is 9.22. The molecule has 6 heteroatoms. The van der Waals surface area contributed by atoms with Gasteiger partial charge >= 0.3 is 6.03 Å². The summed E-state index contributed by atoms with van der Waals surface area (Å²) in [5, 5.41) is 2.90. The minimum absolute atomic E-state index is 0.129. The van der Waals surface area contributed by atoms with Gasteiger partial charge in [0.25, 0.3) is 0 Å². The Morgan fingerprint density at radius 1 is 1.11 bits per heavy atom. The molecule has 0 spiro atoms. The number of nitrogens with one attached hydrogen (secondary N) is 1. The van der Waals surface area contributed by atoms with Crippen LogP contribution in [-0.2, 0) is 6.54 Å². The van der Waals surface area contributed by atoms with Crippen LogP contribution in [0.5, 0.6) is 5.75 Å². The molecule has 144 valence electrons. The van der Waals surface area contributed by atoms with Crippen molar-refractivity contribution in [2.75, 3.05) is 38.6 Å². The zero-order chi connectivity index (χ0) is 19.2. The van der Waals surface area contributed by atoms with Crippen LogP contribution in [-0.4, -0.2) is 49.1 Å². The van der Waals surface area contributed by atoms with Crippen molar-refractivity contribution in [2.45, 2.75) is 19.9 Å². The second-order valence-corrected chi connectivity index (χ2v) is 6.85. The van der Waals surface area contributed by atoms with Crippen molar-refractivity contribution < 1.29 is 13.9 Å². The lowest BCUT2D eigenvalue weighted by atomic mass is 10.2. The zero-order valence-corrected chi connectivity index (χ0v) is 15.9. The van der Waals surface area contributed by atoms with Gasteiger partial charge in [-0.1, -0.05) is 12.1 Å². The molecule has 1 fully saturated rings. The van der Waals surface area contributed by atoms with Crippen LogP contribution in [0.15, 0.2) is 42.5 Å². The molecule has 0 bridgehead atoms. The van der Waals surface area contributed by atoms with Crippen LogP contribution in [0.2, 0.25) is 0 Å². The third-order valence-electron chi connectivity index (χ3n) is 4.87. The maximum Gasteiger partial charge on any atom is 0.321 e. The van der Waals surface area contributed by atoms with Gasteiger partial charge in [-0.25, -0.2) is 9.18 Å². The van der Waals surface area contributed by atoms with Crippen LogP contribution in [0.1, 0.15) is 17.5 Å². The average Bonchev–Trinajstić information content (AvgIpc) is 2.90. The van der Waals surface area contributed by atoms with E-state index in [2.05, 4.69) is 22.3 Å². The number of rotatable bonds is 4. The van der Waals surface area contributed by atoms with Crippen LogP contribution in [0, 0.1) is 12.7 Å². The number of carbonyl (C=O) groups excluding carboxylic acids is 1. The first-order valence-corrected chi connectivity index (χ1v) is 9.22. The number of halogens is 1. The molecule has 0 aromatic heterocycles. The van der Waals surface area contributed by atoms with E-state index in [1.807, 2.05) is 17.0 Å². The molecule has 3 rings (SSSR count). The minimum Gasteiger partial charge on any atom is -0.497 e. The van der Waals surface area contributed by atoms with Crippen molar-refractivity contribution in [3.63, 3.8) is 0 Å². The van der Waals surface area contributed by atoms with Gasteiger partial charge in [-0.3, -0.25) is 4.90 Å². The van der Waals surface area contributed by atoms with Crippen molar-refractivity contribution in [1.29, 1.82) is 0 Å². The Labute approximate surface area is 159 Å². The van der Waals surface area contributed by atoms with E-state index in [4.69, 9.17) is 4.74 Å². The van der Waals surface area contributed by atoms with Gasteiger partial charge in [0, 0.05) is 38.4 Å². The van der Waals surface area contributed by atoms with E-state index in [1.54, 1.807) is 20.1 Å². The maximum absolute atomic E-state index is 13.2. The number of hydrogen-bond acceptors (Lipinski definition) is 3. The summed E-state index contributed by atoms with van der Waals surface area (Å²) in [5.41, 5.74) is 2.61. The lowest BCUT2D eigenvalue weighted by Gasteiger charge is -2.23. The van der Waals surface area contributed by atoms with Crippen LogP contribution < -0.4 is 10.1 Å². The van der Waals surface area contributed by atoms with Crippen LogP contribution in [0.3, 0.4) is 0 Å². The maximum atomic E-state index is 13.2. The minimum atomic E-state index is -0.297. The summed E-state index contributed by atoms with van der Waals surface area (Å²) in [6, 6.07) is 12.4. The lowest BCUT2D eigenvalue weighted by molar-refractivity contribution is 0.211. The number of nitrogens with zero attached hydrogens (tertiary/aromatic N) is 2. The molecule has 27 heavy (non-hydrogen) atoms. The molecule has 0 radical (unpaired) electrons. The molecule has 0 aliphatic carbocycles. The third kappa shape index (κ3) is 5.20. The average molecular weight is 371 g/mol. The van der Waals surface area contributed by atoms with Crippen molar-refractivity contribution in [1.82, 2.24) is 9.80 Å². The topological polar surface area (TPSA) is 44.8 Å². The Kier molecular flexibility index (Phi) is 6.29. The van der Waals surface area contributed by atoms with Crippen molar-refractivity contribution >= 4 is 11.7 Å².